The summed E-state index contributed by atoms with van der Waals surface area (Å²) < 4.78 is 5.46. The lowest BCUT2D eigenvalue weighted by atomic mass is 10.1. The number of carbonyl (C=O) groups excluding carboxylic acids is 1. The van der Waals surface area contributed by atoms with Crippen LogP contribution in [0.1, 0.15) is 17.2 Å². The van der Waals surface area contributed by atoms with Crippen molar-refractivity contribution in [3.05, 3.63) is 66.0 Å². The maximum atomic E-state index is 12.8. The molecule has 0 radical (unpaired) electrons. The molecular formula is C19H23N3O2. The van der Waals surface area contributed by atoms with E-state index in [1.807, 2.05) is 47.5 Å². The number of pyridine rings is 1. The molecule has 0 saturated carbocycles. The topological polar surface area (TPSA) is 45.7 Å². The Balaban J connectivity index is 1.56. The molecule has 1 amide bonds. The van der Waals surface area contributed by atoms with Gasteiger partial charge in [-0.25, -0.2) is 0 Å². The van der Waals surface area contributed by atoms with Crippen molar-refractivity contribution in [1.29, 1.82) is 0 Å². The molecule has 1 aromatic carbocycles. The highest BCUT2D eigenvalue weighted by Gasteiger charge is 2.28. The largest absolute Gasteiger partial charge is 0.367 e. The SMILES string of the molecule is COC(C(=O)N1CCN(Cc2cccnc2)CC1)c1ccccc1. The third kappa shape index (κ3) is 3.99. The van der Waals surface area contributed by atoms with E-state index in [1.54, 1.807) is 13.3 Å². The smallest absolute Gasteiger partial charge is 0.256 e. The van der Waals surface area contributed by atoms with Crippen molar-refractivity contribution >= 4 is 5.91 Å². The maximum absolute atomic E-state index is 12.8. The molecule has 2 aromatic rings. The molecular weight excluding hydrogens is 302 g/mol. The number of nitrogens with zero attached hydrogens (tertiary/aromatic N) is 3. The molecule has 0 spiro atoms. The van der Waals surface area contributed by atoms with Gasteiger partial charge in [-0.05, 0) is 17.2 Å². The van der Waals surface area contributed by atoms with Crippen molar-refractivity contribution < 1.29 is 9.53 Å². The Labute approximate surface area is 142 Å². The highest BCUT2D eigenvalue weighted by molar-refractivity contribution is 5.82. The average Bonchev–Trinajstić information content (AvgIpc) is 2.65. The van der Waals surface area contributed by atoms with E-state index in [0.717, 1.165) is 38.3 Å². The number of piperazine rings is 1. The molecule has 1 atom stereocenters. The summed E-state index contributed by atoms with van der Waals surface area (Å²) in [5.41, 5.74) is 2.11. The monoisotopic (exact) mass is 325 g/mol. The van der Waals surface area contributed by atoms with Gasteiger partial charge >= 0.3 is 0 Å². The average molecular weight is 325 g/mol. The first-order chi connectivity index (χ1) is 11.8. The zero-order valence-corrected chi connectivity index (χ0v) is 14.0. The Morgan fingerprint density at radius 3 is 2.50 bits per heavy atom. The van der Waals surface area contributed by atoms with Gasteiger partial charge in [-0.15, -0.1) is 0 Å². The first-order valence-corrected chi connectivity index (χ1v) is 8.25. The number of aromatic nitrogens is 1. The lowest BCUT2D eigenvalue weighted by molar-refractivity contribution is -0.144. The van der Waals surface area contributed by atoms with Crippen LogP contribution in [-0.2, 0) is 16.1 Å². The molecule has 1 aliphatic rings. The summed E-state index contributed by atoms with van der Waals surface area (Å²) in [6.45, 7) is 4.07. The van der Waals surface area contributed by atoms with Crippen LogP contribution in [0.4, 0.5) is 0 Å². The number of amides is 1. The van der Waals surface area contributed by atoms with Crippen LogP contribution >= 0.6 is 0 Å². The standard InChI is InChI=1S/C19H23N3O2/c1-24-18(17-7-3-2-4-8-17)19(23)22-12-10-21(11-13-22)15-16-6-5-9-20-14-16/h2-9,14,18H,10-13,15H2,1H3. The third-order valence-corrected chi connectivity index (χ3v) is 4.38. The molecule has 1 aromatic heterocycles. The quantitative estimate of drug-likeness (QED) is 0.845. The predicted molar refractivity (Wildman–Crippen MR) is 92.3 cm³/mol. The Bertz CT molecular complexity index is 640. The summed E-state index contributed by atoms with van der Waals surface area (Å²) >= 11 is 0. The molecule has 3 rings (SSSR count). The van der Waals surface area contributed by atoms with Crippen LogP contribution in [0.2, 0.25) is 0 Å². The third-order valence-electron chi connectivity index (χ3n) is 4.38. The number of methoxy groups -OCH3 is 1. The second-order valence-corrected chi connectivity index (χ2v) is 5.99. The van der Waals surface area contributed by atoms with Gasteiger partial charge in [0.1, 0.15) is 0 Å². The zero-order chi connectivity index (χ0) is 16.8. The highest BCUT2D eigenvalue weighted by atomic mass is 16.5. The van der Waals surface area contributed by atoms with Crippen LogP contribution in [-0.4, -0.2) is 54.0 Å². The van der Waals surface area contributed by atoms with Gasteiger partial charge < -0.3 is 9.64 Å². The summed E-state index contributed by atoms with van der Waals surface area (Å²) in [4.78, 5) is 21.2. The van der Waals surface area contributed by atoms with Gasteiger partial charge in [0.2, 0.25) is 0 Å². The number of hydrogen-bond acceptors (Lipinski definition) is 4. The predicted octanol–water partition coefficient (Wildman–Crippen LogP) is 2.11. The number of benzene rings is 1. The molecule has 1 fully saturated rings. The molecule has 0 N–H and O–H groups in total. The second-order valence-electron chi connectivity index (χ2n) is 5.99. The molecule has 5 nitrogen and oxygen atoms in total. The van der Waals surface area contributed by atoms with E-state index in [4.69, 9.17) is 4.74 Å². The van der Waals surface area contributed by atoms with E-state index in [1.165, 1.54) is 5.56 Å². The van der Waals surface area contributed by atoms with E-state index in [9.17, 15) is 4.79 Å². The summed E-state index contributed by atoms with van der Waals surface area (Å²) in [6, 6.07) is 13.7. The molecule has 126 valence electrons. The Morgan fingerprint density at radius 2 is 1.88 bits per heavy atom. The fraction of sp³-hybridized carbons (Fsp3) is 0.368. The van der Waals surface area contributed by atoms with E-state index >= 15 is 0 Å². The van der Waals surface area contributed by atoms with Crippen molar-refractivity contribution in [2.45, 2.75) is 12.6 Å². The summed E-state index contributed by atoms with van der Waals surface area (Å²) in [7, 11) is 1.59. The minimum absolute atomic E-state index is 0.0460. The Kier molecular flexibility index (Phi) is 5.56. The van der Waals surface area contributed by atoms with E-state index in [0.29, 0.717) is 0 Å². The molecule has 24 heavy (non-hydrogen) atoms. The van der Waals surface area contributed by atoms with Crippen LogP contribution < -0.4 is 0 Å². The zero-order valence-electron chi connectivity index (χ0n) is 14.0. The molecule has 1 saturated heterocycles. The lowest BCUT2D eigenvalue weighted by Crippen LogP contribution is -2.49. The van der Waals surface area contributed by atoms with Gasteiger partial charge in [0.25, 0.3) is 5.91 Å². The van der Waals surface area contributed by atoms with Crippen molar-refractivity contribution in [3.63, 3.8) is 0 Å². The van der Waals surface area contributed by atoms with Crippen LogP contribution in [0.15, 0.2) is 54.9 Å². The van der Waals surface area contributed by atoms with E-state index < -0.39 is 6.10 Å². The minimum atomic E-state index is -0.518. The molecule has 5 heteroatoms. The molecule has 0 bridgehead atoms. The van der Waals surface area contributed by atoms with Crippen molar-refractivity contribution in [1.82, 2.24) is 14.8 Å². The first kappa shape index (κ1) is 16.6. The van der Waals surface area contributed by atoms with Crippen LogP contribution in [0.5, 0.6) is 0 Å². The Hall–Kier alpha value is -2.24. The number of ether oxygens (including phenoxy) is 1. The Morgan fingerprint density at radius 1 is 1.12 bits per heavy atom. The normalized spacial score (nSPS) is 16.8. The van der Waals surface area contributed by atoms with Gasteiger partial charge in [0.15, 0.2) is 6.10 Å². The maximum Gasteiger partial charge on any atom is 0.256 e. The van der Waals surface area contributed by atoms with Crippen LogP contribution in [0, 0.1) is 0 Å². The summed E-state index contributed by atoms with van der Waals surface area (Å²) in [6.07, 6.45) is 3.17. The molecule has 2 heterocycles. The minimum Gasteiger partial charge on any atom is -0.367 e. The number of rotatable bonds is 5. The molecule has 1 aliphatic heterocycles. The molecule has 1 unspecified atom stereocenters. The van der Waals surface area contributed by atoms with Crippen molar-refractivity contribution in [2.24, 2.45) is 0 Å². The van der Waals surface area contributed by atoms with Gasteiger partial charge in [-0.2, -0.15) is 0 Å². The van der Waals surface area contributed by atoms with E-state index in [-0.39, 0.29) is 5.91 Å². The number of hydrogen-bond donors (Lipinski definition) is 0. The summed E-state index contributed by atoms with van der Waals surface area (Å²) in [5.74, 6) is 0.0460. The lowest BCUT2D eigenvalue weighted by Gasteiger charge is -2.36. The molecule has 0 aliphatic carbocycles. The summed E-state index contributed by atoms with van der Waals surface area (Å²) in [5, 5.41) is 0. The fourth-order valence-electron chi connectivity index (χ4n) is 3.05. The van der Waals surface area contributed by atoms with Crippen molar-refractivity contribution in [3.8, 4) is 0 Å². The van der Waals surface area contributed by atoms with Gasteiger partial charge in [-0.3, -0.25) is 14.7 Å². The highest BCUT2D eigenvalue weighted by Crippen LogP contribution is 2.20. The number of carbonyl (C=O) groups is 1. The van der Waals surface area contributed by atoms with Crippen LogP contribution in [0.25, 0.3) is 0 Å². The van der Waals surface area contributed by atoms with Crippen molar-refractivity contribution in [2.75, 3.05) is 33.3 Å². The first-order valence-electron chi connectivity index (χ1n) is 8.25. The van der Waals surface area contributed by atoms with E-state index in [2.05, 4.69) is 16.0 Å². The fourth-order valence-corrected chi connectivity index (χ4v) is 3.05. The van der Waals surface area contributed by atoms with Gasteiger partial charge in [0, 0.05) is 52.2 Å². The second kappa shape index (κ2) is 8.04. The van der Waals surface area contributed by atoms with Gasteiger partial charge in [-0.1, -0.05) is 36.4 Å². The van der Waals surface area contributed by atoms with Crippen LogP contribution in [0.3, 0.4) is 0 Å². The van der Waals surface area contributed by atoms with Gasteiger partial charge in [0.05, 0.1) is 0 Å².